The third kappa shape index (κ3) is 6.73. The smallest absolute Gasteiger partial charge is 0.335 e. The van der Waals surface area contributed by atoms with Gasteiger partial charge in [0.1, 0.15) is 0 Å². The van der Waals surface area contributed by atoms with Crippen LogP contribution in [0.4, 0.5) is 0 Å². The molecule has 7 heteroatoms. The lowest BCUT2D eigenvalue weighted by Gasteiger charge is -2.30. The number of nitrogens with two attached hydrogens (primary N) is 1. The van der Waals surface area contributed by atoms with Gasteiger partial charge in [-0.15, -0.1) is 0 Å². The molecular formula is C22H30N2O4S. The van der Waals surface area contributed by atoms with Gasteiger partial charge in [-0.25, -0.2) is 0 Å². The highest BCUT2D eigenvalue weighted by Crippen LogP contribution is 2.34. The molecule has 1 aliphatic rings. The zero-order chi connectivity index (χ0) is 21.1. The Morgan fingerprint density at radius 1 is 1.10 bits per heavy atom. The van der Waals surface area contributed by atoms with Crippen molar-refractivity contribution in [2.24, 2.45) is 5.73 Å². The van der Waals surface area contributed by atoms with Crippen LogP contribution in [0.25, 0.3) is 0 Å². The second kappa shape index (κ2) is 12.5. The van der Waals surface area contributed by atoms with E-state index in [1.165, 1.54) is 5.56 Å². The van der Waals surface area contributed by atoms with Gasteiger partial charge < -0.3 is 15.0 Å². The van der Waals surface area contributed by atoms with Crippen LogP contribution in [0.1, 0.15) is 55.7 Å². The maximum atomic E-state index is 12.5. The number of ether oxygens (including phenoxy) is 1. The summed E-state index contributed by atoms with van der Waals surface area (Å²) >= 11 is -0.750. The SMILES string of the molecule is CCc1cccn(C(CN)COC2CCC(c3ccccc3)CC2)c1=O.O=S=O. The first-order valence-corrected chi connectivity index (χ1v) is 10.8. The average Bonchev–Trinajstić information content (AvgIpc) is 2.77. The molecule has 3 rings (SSSR count). The van der Waals surface area contributed by atoms with Crippen LogP contribution in [0, 0.1) is 0 Å². The first-order chi connectivity index (χ1) is 14.1. The van der Waals surface area contributed by atoms with Gasteiger partial charge in [-0.2, -0.15) is 8.42 Å². The molecule has 1 aromatic carbocycles. The summed E-state index contributed by atoms with van der Waals surface area (Å²) in [4.78, 5) is 12.5. The lowest BCUT2D eigenvalue weighted by atomic mass is 9.83. The molecule has 0 aliphatic heterocycles. The van der Waals surface area contributed by atoms with E-state index in [0.717, 1.165) is 37.7 Å². The predicted molar refractivity (Wildman–Crippen MR) is 114 cm³/mol. The third-order valence-electron chi connectivity index (χ3n) is 5.57. The fourth-order valence-electron chi connectivity index (χ4n) is 3.91. The number of hydrogen-bond acceptors (Lipinski definition) is 5. The van der Waals surface area contributed by atoms with Crippen LogP contribution in [0.2, 0.25) is 0 Å². The van der Waals surface area contributed by atoms with Gasteiger partial charge >= 0.3 is 11.6 Å². The van der Waals surface area contributed by atoms with Gasteiger partial charge in [-0.1, -0.05) is 43.3 Å². The second-order valence-electron chi connectivity index (χ2n) is 7.27. The number of hydrogen-bond donors (Lipinski definition) is 1. The topological polar surface area (TPSA) is 91.4 Å². The highest BCUT2D eigenvalue weighted by Gasteiger charge is 2.24. The van der Waals surface area contributed by atoms with E-state index in [1.807, 2.05) is 25.3 Å². The molecular weight excluding hydrogens is 388 g/mol. The summed E-state index contributed by atoms with van der Waals surface area (Å²) in [6.45, 7) is 2.91. The molecule has 29 heavy (non-hydrogen) atoms. The summed E-state index contributed by atoms with van der Waals surface area (Å²) in [6.07, 6.45) is 7.30. The summed E-state index contributed by atoms with van der Waals surface area (Å²) in [5.41, 5.74) is 8.26. The Bertz CT molecular complexity index is 826. The number of pyridine rings is 1. The van der Waals surface area contributed by atoms with E-state index in [4.69, 9.17) is 18.9 Å². The van der Waals surface area contributed by atoms with Gasteiger partial charge in [0.2, 0.25) is 0 Å². The van der Waals surface area contributed by atoms with Crippen LogP contribution in [0.5, 0.6) is 0 Å². The van der Waals surface area contributed by atoms with Crippen molar-refractivity contribution >= 4 is 11.6 Å². The largest absolute Gasteiger partial charge is 0.376 e. The zero-order valence-corrected chi connectivity index (χ0v) is 17.7. The van der Waals surface area contributed by atoms with E-state index >= 15 is 0 Å². The first-order valence-electron chi connectivity index (χ1n) is 10.1. The molecule has 1 saturated carbocycles. The Labute approximate surface area is 175 Å². The van der Waals surface area contributed by atoms with E-state index in [-0.39, 0.29) is 17.7 Å². The van der Waals surface area contributed by atoms with Gasteiger partial charge in [-0.3, -0.25) is 4.79 Å². The van der Waals surface area contributed by atoms with Crippen LogP contribution >= 0.6 is 0 Å². The van der Waals surface area contributed by atoms with Crippen molar-refractivity contribution in [2.75, 3.05) is 13.2 Å². The summed E-state index contributed by atoms with van der Waals surface area (Å²) in [5, 5.41) is 0. The molecule has 1 fully saturated rings. The Balaban J connectivity index is 0.000000941. The van der Waals surface area contributed by atoms with Crippen LogP contribution in [0.3, 0.4) is 0 Å². The van der Waals surface area contributed by atoms with Gasteiger partial charge in [0.25, 0.3) is 5.56 Å². The van der Waals surface area contributed by atoms with Crippen LogP contribution in [-0.2, 0) is 22.7 Å². The molecule has 0 saturated heterocycles. The molecule has 1 unspecified atom stereocenters. The fraction of sp³-hybridized carbons (Fsp3) is 0.500. The van der Waals surface area contributed by atoms with Gasteiger partial charge in [0.05, 0.1) is 18.8 Å². The summed E-state index contributed by atoms with van der Waals surface area (Å²) in [5.74, 6) is 0.644. The second-order valence-corrected chi connectivity index (χ2v) is 7.41. The summed E-state index contributed by atoms with van der Waals surface area (Å²) in [7, 11) is 0. The monoisotopic (exact) mass is 418 g/mol. The maximum absolute atomic E-state index is 12.5. The molecule has 0 spiro atoms. The van der Waals surface area contributed by atoms with Gasteiger partial charge in [0.15, 0.2) is 0 Å². The number of rotatable bonds is 7. The normalized spacial score (nSPS) is 19.7. The van der Waals surface area contributed by atoms with Crippen molar-refractivity contribution in [2.45, 2.75) is 57.1 Å². The highest BCUT2D eigenvalue weighted by molar-refractivity contribution is 7.51. The van der Waals surface area contributed by atoms with E-state index in [0.29, 0.717) is 19.1 Å². The minimum Gasteiger partial charge on any atom is -0.376 e. The Morgan fingerprint density at radius 2 is 1.76 bits per heavy atom. The van der Waals surface area contributed by atoms with E-state index in [9.17, 15) is 4.79 Å². The van der Waals surface area contributed by atoms with Gasteiger partial charge in [0, 0.05) is 18.3 Å². The molecule has 1 aliphatic carbocycles. The first kappa shape index (κ1) is 23.2. The molecule has 1 heterocycles. The Morgan fingerprint density at radius 3 is 2.34 bits per heavy atom. The van der Waals surface area contributed by atoms with Crippen LogP contribution < -0.4 is 11.3 Å². The molecule has 2 N–H and O–H groups in total. The Hall–Kier alpha value is -2.09. The quantitative estimate of drug-likeness (QED) is 0.746. The number of benzene rings is 1. The number of nitrogens with zero attached hydrogens (tertiary/aromatic N) is 1. The summed E-state index contributed by atoms with van der Waals surface area (Å²) in [6, 6.07) is 14.5. The van der Waals surface area contributed by atoms with Crippen LogP contribution in [0.15, 0.2) is 53.5 Å². The molecule has 0 bridgehead atoms. The van der Waals surface area contributed by atoms with Gasteiger partial charge in [-0.05, 0) is 49.7 Å². The lowest BCUT2D eigenvalue weighted by molar-refractivity contribution is 0.00783. The zero-order valence-electron chi connectivity index (χ0n) is 16.9. The Kier molecular flexibility index (Phi) is 9.97. The lowest BCUT2D eigenvalue weighted by Crippen LogP contribution is -2.35. The van der Waals surface area contributed by atoms with Crippen molar-refractivity contribution in [1.29, 1.82) is 0 Å². The number of aromatic nitrogens is 1. The van der Waals surface area contributed by atoms with E-state index in [2.05, 4.69) is 30.3 Å². The maximum Gasteiger partial charge on any atom is 0.335 e. The molecule has 0 radical (unpaired) electrons. The van der Waals surface area contributed by atoms with Crippen molar-refractivity contribution in [3.63, 3.8) is 0 Å². The minimum absolute atomic E-state index is 0.0573. The highest BCUT2D eigenvalue weighted by atomic mass is 32.1. The molecule has 1 atom stereocenters. The predicted octanol–water partition coefficient (Wildman–Crippen LogP) is 2.98. The van der Waals surface area contributed by atoms with Crippen molar-refractivity contribution < 1.29 is 13.2 Å². The molecule has 158 valence electrons. The van der Waals surface area contributed by atoms with E-state index < -0.39 is 11.6 Å². The van der Waals surface area contributed by atoms with Crippen molar-refractivity contribution in [3.8, 4) is 0 Å². The standard InChI is InChI=1S/C22H30N2O2.O2S/c1-2-17-9-6-14-24(22(17)25)20(15-23)16-26-21-12-10-19(11-13-21)18-7-4-3-5-8-18;1-3-2/h3-9,14,19-21H,2,10-13,15-16,23H2,1H3;. The molecule has 2 aromatic rings. The molecule has 6 nitrogen and oxygen atoms in total. The number of aryl methyl sites for hydroxylation is 1. The van der Waals surface area contributed by atoms with Crippen molar-refractivity contribution in [1.82, 2.24) is 4.57 Å². The van der Waals surface area contributed by atoms with Crippen LogP contribution in [-0.4, -0.2) is 32.2 Å². The molecule has 0 amide bonds. The van der Waals surface area contributed by atoms with E-state index in [1.54, 1.807) is 4.57 Å². The summed E-state index contributed by atoms with van der Waals surface area (Å²) < 4.78 is 24.5. The fourth-order valence-corrected chi connectivity index (χ4v) is 3.91. The van der Waals surface area contributed by atoms with Crippen molar-refractivity contribution in [3.05, 3.63) is 70.1 Å². The minimum atomic E-state index is -0.750. The molecule has 1 aromatic heterocycles. The average molecular weight is 419 g/mol. The third-order valence-corrected chi connectivity index (χ3v) is 5.57.